The van der Waals surface area contributed by atoms with Crippen LogP contribution in [0.2, 0.25) is 0 Å². The molecule has 1 heterocycles. The molecule has 4 rings (SSSR count). The molecule has 0 saturated heterocycles. The molecule has 0 spiro atoms. The number of hydrazone groups is 1. The van der Waals surface area contributed by atoms with Crippen molar-refractivity contribution in [1.29, 1.82) is 0 Å². The molecule has 0 aliphatic rings. The molecule has 0 bridgehead atoms. The molecule has 0 aliphatic heterocycles. The minimum atomic E-state index is 0.465. The van der Waals surface area contributed by atoms with Crippen molar-refractivity contribution in [3.63, 3.8) is 0 Å². The molecule has 0 amide bonds. The van der Waals surface area contributed by atoms with Gasteiger partial charge in [0.2, 0.25) is 0 Å². The topological polar surface area (TPSA) is 54.2 Å². The van der Waals surface area contributed by atoms with Crippen molar-refractivity contribution in [2.24, 2.45) is 5.10 Å². The lowest BCUT2D eigenvalue weighted by atomic mass is 10.1. The first kappa shape index (κ1) is 19.5. The molecular formula is C24H21N5S. The summed E-state index contributed by atoms with van der Waals surface area (Å²) in [5.41, 5.74) is 7.80. The average Bonchev–Trinajstić information content (AvgIpc) is 3.24. The van der Waals surface area contributed by atoms with Crippen LogP contribution in [0, 0.1) is 0 Å². The van der Waals surface area contributed by atoms with Crippen molar-refractivity contribution < 1.29 is 0 Å². The summed E-state index contributed by atoms with van der Waals surface area (Å²) in [7, 11) is 0. The normalized spacial score (nSPS) is 10.8. The van der Waals surface area contributed by atoms with E-state index in [2.05, 4.69) is 15.8 Å². The molecule has 3 aromatic carbocycles. The molecule has 4 aromatic rings. The summed E-state index contributed by atoms with van der Waals surface area (Å²) in [5, 5.41) is 12.7. The predicted molar refractivity (Wildman–Crippen MR) is 126 cm³/mol. The molecule has 148 valence electrons. The van der Waals surface area contributed by atoms with E-state index in [1.54, 1.807) is 6.21 Å². The smallest absolute Gasteiger partial charge is 0.187 e. The van der Waals surface area contributed by atoms with Gasteiger partial charge in [0.25, 0.3) is 0 Å². The molecule has 0 aliphatic carbocycles. The van der Waals surface area contributed by atoms with Crippen LogP contribution < -0.4 is 10.7 Å². The van der Waals surface area contributed by atoms with Crippen molar-refractivity contribution in [1.82, 2.24) is 20.5 Å². The van der Waals surface area contributed by atoms with Crippen LogP contribution in [0.5, 0.6) is 0 Å². The van der Waals surface area contributed by atoms with E-state index in [1.165, 1.54) is 0 Å². The highest BCUT2D eigenvalue weighted by atomic mass is 32.1. The summed E-state index contributed by atoms with van der Waals surface area (Å²) in [4.78, 5) is 0. The van der Waals surface area contributed by atoms with Crippen LogP contribution >= 0.6 is 12.2 Å². The quantitative estimate of drug-likeness (QED) is 0.278. The van der Waals surface area contributed by atoms with Gasteiger partial charge in [-0.05, 0) is 29.9 Å². The van der Waals surface area contributed by atoms with Crippen LogP contribution in [-0.2, 0) is 6.54 Å². The highest BCUT2D eigenvalue weighted by Crippen LogP contribution is 2.22. The third-order valence-corrected chi connectivity index (χ3v) is 4.71. The summed E-state index contributed by atoms with van der Waals surface area (Å²) in [6.45, 7) is 0.642. The number of hydrogen-bond acceptors (Lipinski definition) is 3. The van der Waals surface area contributed by atoms with E-state index in [-0.39, 0.29) is 0 Å². The van der Waals surface area contributed by atoms with Gasteiger partial charge in [-0.15, -0.1) is 0 Å². The summed E-state index contributed by atoms with van der Waals surface area (Å²) in [5.74, 6) is 0. The first-order valence-corrected chi connectivity index (χ1v) is 10.0. The van der Waals surface area contributed by atoms with Gasteiger partial charge in [0.05, 0.1) is 11.9 Å². The molecule has 5 nitrogen and oxygen atoms in total. The maximum absolute atomic E-state index is 5.32. The molecule has 0 unspecified atom stereocenters. The van der Waals surface area contributed by atoms with Crippen molar-refractivity contribution >= 4 is 23.5 Å². The second-order valence-electron chi connectivity index (χ2n) is 6.62. The van der Waals surface area contributed by atoms with Crippen LogP contribution in [0.3, 0.4) is 0 Å². The molecule has 0 atom stereocenters. The number of hydrogen-bond donors (Lipinski definition) is 2. The predicted octanol–water partition coefficient (Wildman–Crippen LogP) is 4.54. The zero-order chi connectivity index (χ0) is 20.6. The van der Waals surface area contributed by atoms with Gasteiger partial charge < -0.3 is 5.32 Å². The Kier molecular flexibility index (Phi) is 6.27. The third-order valence-electron chi connectivity index (χ3n) is 4.48. The van der Waals surface area contributed by atoms with Gasteiger partial charge in [0.1, 0.15) is 5.69 Å². The lowest BCUT2D eigenvalue weighted by Gasteiger charge is -2.06. The van der Waals surface area contributed by atoms with Crippen molar-refractivity contribution in [2.45, 2.75) is 6.54 Å². The van der Waals surface area contributed by atoms with Gasteiger partial charge in [-0.25, -0.2) is 4.68 Å². The highest BCUT2D eigenvalue weighted by Gasteiger charge is 2.10. The van der Waals surface area contributed by atoms with E-state index in [0.717, 1.165) is 28.1 Å². The number of nitrogens with one attached hydrogen (secondary N) is 2. The Labute approximate surface area is 181 Å². The Morgan fingerprint density at radius 2 is 1.53 bits per heavy atom. The first-order chi connectivity index (χ1) is 14.8. The fourth-order valence-electron chi connectivity index (χ4n) is 2.99. The van der Waals surface area contributed by atoms with Gasteiger partial charge >= 0.3 is 0 Å². The van der Waals surface area contributed by atoms with Crippen molar-refractivity contribution in [3.05, 3.63) is 108 Å². The van der Waals surface area contributed by atoms with E-state index in [4.69, 9.17) is 17.3 Å². The lowest BCUT2D eigenvalue weighted by molar-refractivity contribution is 0.869. The van der Waals surface area contributed by atoms with E-state index < -0.39 is 0 Å². The molecule has 2 N–H and O–H groups in total. The third kappa shape index (κ3) is 4.98. The fraction of sp³-hybridized carbons (Fsp3) is 0.0417. The van der Waals surface area contributed by atoms with E-state index in [1.807, 2.05) is 102 Å². The molecule has 1 aromatic heterocycles. The number of nitrogens with zero attached hydrogens (tertiary/aromatic N) is 3. The first-order valence-electron chi connectivity index (χ1n) is 9.61. The summed E-state index contributed by atoms with van der Waals surface area (Å²) < 4.78 is 1.86. The molecule has 30 heavy (non-hydrogen) atoms. The highest BCUT2D eigenvalue weighted by molar-refractivity contribution is 7.80. The van der Waals surface area contributed by atoms with Crippen LogP contribution in [0.25, 0.3) is 16.9 Å². The van der Waals surface area contributed by atoms with Crippen LogP contribution in [0.15, 0.2) is 102 Å². The number of aromatic nitrogens is 2. The largest absolute Gasteiger partial charge is 0.357 e. The monoisotopic (exact) mass is 411 g/mol. The second kappa shape index (κ2) is 9.62. The van der Waals surface area contributed by atoms with Crippen molar-refractivity contribution in [3.8, 4) is 16.9 Å². The summed E-state index contributed by atoms with van der Waals surface area (Å²) in [6.07, 6.45) is 3.70. The van der Waals surface area contributed by atoms with Gasteiger partial charge in [-0.3, -0.25) is 5.43 Å². The Morgan fingerprint density at radius 1 is 0.900 bits per heavy atom. The number of para-hydroxylation sites is 1. The van der Waals surface area contributed by atoms with Crippen LogP contribution in [0.4, 0.5) is 0 Å². The Balaban J connectivity index is 1.49. The van der Waals surface area contributed by atoms with Crippen molar-refractivity contribution in [2.75, 3.05) is 0 Å². The summed E-state index contributed by atoms with van der Waals surface area (Å²) in [6, 6.07) is 30.1. The van der Waals surface area contributed by atoms with E-state index in [9.17, 15) is 0 Å². The maximum atomic E-state index is 5.32. The van der Waals surface area contributed by atoms with E-state index >= 15 is 0 Å². The minimum Gasteiger partial charge on any atom is -0.357 e. The SMILES string of the molecule is S=C(NCc1ccccc1)NN=Cc1cn(-c2ccccc2)nc1-c1ccccc1. The molecule has 0 saturated carbocycles. The van der Waals surface area contributed by atoms with Gasteiger partial charge in [0, 0.05) is 23.9 Å². The zero-order valence-electron chi connectivity index (χ0n) is 16.3. The van der Waals surface area contributed by atoms with Crippen LogP contribution in [-0.4, -0.2) is 21.1 Å². The zero-order valence-corrected chi connectivity index (χ0v) is 17.1. The Morgan fingerprint density at radius 3 is 2.23 bits per heavy atom. The molecule has 0 radical (unpaired) electrons. The van der Waals surface area contributed by atoms with Gasteiger partial charge in [-0.2, -0.15) is 10.2 Å². The number of thiocarbonyl (C=S) groups is 1. The average molecular weight is 412 g/mol. The Hall–Kier alpha value is -3.77. The van der Waals surface area contributed by atoms with Crippen LogP contribution in [0.1, 0.15) is 11.1 Å². The van der Waals surface area contributed by atoms with Gasteiger partial charge in [0.15, 0.2) is 5.11 Å². The maximum Gasteiger partial charge on any atom is 0.187 e. The fourth-order valence-corrected chi connectivity index (χ4v) is 3.12. The molecule has 0 fully saturated rings. The standard InChI is InChI=1S/C24H21N5S/c30-24(25-16-19-10-4-1-5-11-19)27-26-17-21-18-29(22-14-8-3-9-15-22)28-23(21)20-12-6-2-7-13-20/h1-15,17-18H,16H2,(H2,25,27,30). The second-order valence-corrected chi connectivity index (χ2v) is 7.03. The number of rotatable bonds is 6. The molecular weight excluding hydrogens is 390 g/mol. The van der Waals surface area contributed by atoms with E-state index in [0.29, 0.717) is 11.7 Å². The Bertz CT molecular complexity index is 1120. The van der Waals surface area contributed by atoms with Gasteiger partial charge in [-0.1, -0.05) is 78.9 Å². The number of benzene rings is 3. The lowest BCUT2D eigenvalue weighted by Crippen LogP contribution is -2.31. The molecule has 6 heteroatoms. The minimum absolute atomic E-state index is 0.465. The summed E-state index contributed by atoms with van der Waals surface area (Å²) >= 11 is 5.32.